The van der Waals surface area contributed by atoms with Crippen LogP contribution in [0, 0.1) is 0 Å². The molecule has 21 heavy (non-hydrogen) atoms. The lowest BCUT2D eigenvalue weighted by Crippen LogP contribution is -2.48. The zero-order chi connectivity index (χ0) is 15.5. The van der Waals surface area contributed by atoms with Crippen LogP contribution in [0.3, 0.4) is 0 Å². The van der Waals surface area contributed by atoms with Gasteiger partial charge < -0.3 is 10.2 Å². The molecule has 0 aliphatic carbocycles. The van der Waals surface area contributed by atoms with Gasteiger partial charge in [-0.15, -0.1) is 0 Å². The molecule has 1 saturated heterocycles. The molecule has 1 atom stereocenters. The predicted octanol–water partition coefficient (Wildman–Crippen LogP) is 0.834. The van der Waals surface area contributed by atoms with Crippen LogP contribution in [0.15, 0.2) is 18.3 Å². The smallest absolute Gasteiger partial charge is 0.211 e. The van der Waals surface area contributed by atoms with Gasteiger partial charge in [-0.2, -0.15) is 4.31 Å². The first-order chi connectivity index (χ1) is 9.91. The number of anilines is 1. The van der Waals surface area contributed by atoms with E-state index in [2.05, 4.69) is 35.1 Å². The van der Waals surface area contributed by atoms with Gasteiger partial charge in [-0.25, -0.2) is 13.4 Å². The maximum atomic E-state index is 11.5. The van der Waals surface area contributed by atoms with Crippen LogP contribution in [0.25, 0.3) is 0 Å². The number of pyridine rings is 1. The molecule has 2 heterocycles. The minimum atomic E-state index is -3.08. The van der Waals surface area contributed by atoms with Crippen LogP contribution >= 0.6 is 0 Å². The van der Waals surface area contributed by atoms with E-state index in [1.54, 1.807) is 0 Å². The van der Waals surface area contributed by atoms with Crippen molar-refractivity contribution in [3.8, 4) is 0 Å². The van der Waals surface area contributed by atoms with Gasteiger partial charge in [0.25, 0.3) is 0 Å². The van der Waals surface area contributed by atoms with Crippen LogP contribution in [0.1, 0.15) is 25.5 Å². The van der Waals surface area contributed by atoms with Crippen molar-refractivity contribution < 1.29 is 8.42 Å². The van der Waals surface area contributed by atoms with Gasteiger partial charge >= 0.3 is 0 Å². The van der Waals surface area contributed by atoms with Crippen LogP contribution in [0.5, 0.6) is 0 Å². The third-order valence-corrected chi connectivity index (χ3v) is 5.12. The lowest BCUT2D eigenvalue weighted by molar-refractivity contribution is 0.387. The van der Waals surface area contributed by atoms with E-state index in [0.29, 0.717) is 32.2 Å². The van der Waals surface area contributed by atoms with E-state index < -0.39 is 10.0 Å². The predicted molar refractivity (Wildman–Crippen MR) is 85.0 cm³/mol. The van der Waals surface area contributed by atoms with Gasteiger partial charge in [0.2, 0.25) is 10.0 Å². The van der Waals surface area contributed by atoms with Gasteiger partial charge in [-0.1, -0.05) is 13.0 Å². The lowest BCUT2D eigenvalue weighted by Gasteiger charge is -2.34. The summed E-state index contributed by atoms with van der Waals surface area (Å²) < 4.78 is 24.5. The molecule has 6 nitrogen and oxygen atoms in total. The van der Waals surface area contributed by atoms with Crippen molar-refractivity contribution in [3.63, 3.8) is 0 Å². The van der Waals surface area contributed by atoms with E-state index in [1.165, 1.54) is 10.6 Å². The number of hydrogen-bond donors (Lipinski definition) is 1. The summed E-state index contributed by atoms with van der Waals surface area (Å²) in [7, 11) is -3.08. The third kappa shape index (κ3) is 4.15. The van der Waals surface area contributed by atoms with Crippen LogP contribution in [0.2, 0.25) is 0 Å². The summed E-state index contributed by atoms with van der Waals surface area (Å²) in [5, 5.41) is 3.36. The first kappa shape index (κ1) is 16.2. The third-order valence-electron chi connectivity index (χ3n) is 3.81. The Morgan fingerprint density at radius 1 is 1.29 bits per heavy atom. The Hall–Kier alpha value is -1.18. The Kier molecular flexibility index (Phi) is 5.18. The van der Waals surface area contributed by atoms with Gasteiger partial charge in [0.15, 0.2) is 0 Å². The van der Waals surface area contributed by atoms with E-state index >= 15 is 0 Å². The molecule has 118 valence electrons. The maximum absolute atomic E-state index is 11.5. The van der Waals surface area contributed by atoms with E-state index in [4.69, 9.17) is 0 Å². The number of hydrogen-bond acceptors (Lipinski definition) is 5. The van der Waals surface area contributed by atoms with Crippen LogP contribution in [-0.2, 0) is 10.0 Å². The van der Waals surface area contributed by atoms with Crippen molar-refractivity contribution in [1.82, 2.24) is 14.6 Å². The summed E-state index contributed by atoms with van der Waals surface area (Å²) in [5.74, 6) is 0.913. The second kappa shape index (κ2) is 6.72. The van der Waals surface area contributed by atoms with E-state index in [0.717, 1.165) is 17.9 Å². The second-order valence-corrected chi connectivity index (χ2v) is 7.36. The Balaban J connectivity index is 1.98. The van der Waals surface area contributed by atoms with E-state index in [9.17, 15) is 8.42 Å². The largest absolute Gasteiger partial charge is 0.354 e. The fourth-order valence-electron chi connectivity index (χ4n) is 2.51. The van der Waals surface area contributed by atoms with Crippen molar-refractivity contribution in [2.24, 2.45) is 0 Å². The van der Waals surface area contributed by atoms with Crippen molar-refractivity contribution >= 4 is 15.8 Å². The topological polar surface area (TPSA) is 65.5 Å². The fourth-order valence-corrected chi connectivity index (χ4v) is 3.34. The summed E-state index contributed by atoms with van der Waals surface area (Å²) in [5.41, 5.74) is 1.16. The minimum absolute atomic E-state index is 0.290. The molecule has 0 amide bonds. The van der Waals surface area contributed by atoms with E-state index in [1.807, 2.05) is 12.3 Å². The molecular weight excluding hydrogens is 288 g/mol. The second-order valence-electron chi connectivity index (χ2n) is 5.38. The average molecular weight is 312 g/mol. The van der Waals surface area contributed by atoms with Crippen molar-refractivity contribution in [3.05, 3.63) is 23.9 Å². The number of nitrogens with one attached hydrogen (secondary N) is 1. The van der Waals surface area contributed by atoms with Gasteiger partial charge in [-0.05, 0) is 25.1 Å². The quantitative estimate of drug-likeness (QED) is 0.872. The molecule has 7 heteroatoms. The molecule has 1 aromatic heterocycles. The number of rotatable bonds is 5. The zero-order valence-electron chi connectivity index (χ0n) is 12.9. The molecule has 1 N–H and O–H groups in total. The molecule has 0 saturated carbocycles. The molecule has 1 unspecified atom stereocenters. The number of nitrogens with zero attached hydrogens (tertiary/aromatic N) is 3. The van der Waals surface area contributed by atoms with Crippen LogP contribution in [0.4, 0.5) is 5.82 Å². The molecule has 0 bridgehead atoms. The molecule has 1 fully saturated rings. The van der Waals surface area contributed by atoms with Gasteiger partial charge in [0.1, 0.15) is 5.82 Å². The number of piperazine rings is 1. The van der Waals surface area contributed by atoms with Crippen molar-refractivity contribution in [2.45, 2.75) is 19.9 Å². The zero-order valence-corrected chi connectivity index (χ0v) is 13.7. The highest BCUT2D eigenvalue weighted by atomic mass is 32.2. The van der Waals surface area contributed by atoms with Gasteiger partial charge in [0, 0.05) is 38.4 Å². The average Bonchev–Trinajstić information content (AvgIpc) is 2.47. The Morgan fingerprint density at radius 2 is 1.95 bits per heavy atom. The molecule has 1 aliphatic heterocycles. The molecule has 0 aromatic carbocycles. The van der Waals surface area contributed by atoms with Crippen molar-refractivity contribution in [2.75, 3.05) is 43.9 Å². The maximum Gasteiger partial charge on any atom is 0.211 e. The lowest BCUT2D eigenvalue weighted by atomic mass is 10.1. The van der Waals surface area contributed by atoms with Gasteiger partial charge in [-0.3, -0.25) is 0 Å². The molecule has 1 aliphatic rings. The van der Waals surface area contributed by atoms with Crippen LogP contribution in [-0.4, -0.2) is 56.7 Å². The summed E-state index contributed by atoms with van der Waals surface area (Å²) in [4.78, 5) is 6.64. The Bertz CT molecular complexity index is 551. The highest BCUT2D eigenvalue weighted by Gasteiger charge is 2.23. The summed E-state index contributed by atoms with van der Waals surface area (Å²) in [6.45, 7) is 7.54. The molecule has 0 radical (unpaired) electrons. The minimum Gasteiger partial charge on any atom is -0.354 e. The van der Waals surface area contributed by atoms with Crippen LogP contribution < -0.4 is 10.2 Å². The molecule has 2 rings (SSSR count). The highest BCUT2D eigenvalue weighted by Crippen LogP contribution is 2.18. The van der Waals surface area contributed by atoms with E-state index in [-0.39, 0.29) is 0 Å². The van der Waals surface area contributed by atoms with Gasteiger partial charge in [0.05, 0.1) is 6.26 Å². The fraction of sp³-hybridized carbons (Fsp3) is 0.643. The summed E-state index contributed by atoms with van der Waals surface area (Å²) in [6, 6.07) is 4.39. The SMILES string of the molecule is CCNC(C)c1ccc(N2CCN(S(C)(=O)=O)CC2)nc1. The number of aromatic nitrogens is 1. The standard InChI is InChI=1S/C14H24N4O2S/c1-4-15-12(2)13-5-6-14(16-11-13)17-7-9-18(10-8-17)21(3,19)20/h5-6,11-12,15H,4,7-10H2,1-3H3. The highest BCUT2D eigenvalue weighted by molar-refractivity contribution is 7.88. The molecule has 0 spiro atoms. The summed E-state index contributed by atoms with van der Waals surface area (Å²) >= 11 is 0. The first-order valence-corrected chi connectivity index (χ1v) is 9.16. The van der Waals surface area contributed by atoms with Crippen molar-refractivity contribution in [1.29, 1.82) is 0 Å². The normalized spacial score (nSPS) is 18.7. The molecule has 1 aromatic rings. The monoisotopic (exact) mass is 312 g/mol. The number of sulfonamides is 1. The Labute approximate surface area is 127 Å². The molecular formula is C14H24N4O2S. The Morgan fingerprint density at radius 3 is 2.43 bits per heavy atom. The summed E-state index contributed by atoms with van der Waals surface area (Å²) in [6.07, 6.45) is 3.16. The first-order valence-electron chi connectivity index (χ1n) is 7.31.